The fourth-order valence-electron chi connectivity index (χ4n) is 2.78. The first-order chi connectivity index (χ1) is 9.60. The van der Waals surface area contributed by atoms with E-state index in [4.69, 9.17) is 10.7 Å². The van der Waals surface area contributed by atoms with Gasteiger partial charge in [0.05, 0.1) is 5.41 Å². The van der Waals surface area contributed by atoms with E-state index < -0.39 is 0 Å². The van der Waals surface area contributed by atoms with E-state index in [0.29, 0.717) is 11.7 Å². The summed E-state index contributed by atoms with van der Waals surface area (Å²) in [7, 11) is 0. The van der Waals surface area contributed by atoms with Crippen molar-refractivity contribution in [1.82, 2.24) is 9.97 Å². The number of aromatic nitrogens is 2. The molecule has 0 aliphatic heterocycles. The van der Waals surface area contributed by atoms with Gasteiger partial charge >= 0.3 is 0 Å². The number of hydrogen-bond acceptors (Lipinski definition) is 3. The summed E-state index contributed by atoms with van der Waals surface area (Å²) in [4.78, 5) is 9.31. The van der Waals surface area contributed by atoms with Gasteiger partial charge in [-0.25, -0.2) is 9.97 Å². The number of anilines is 1. The second kappa shape index (κ2) is 4.89. The molecule has 2 aromatic rings. The zero-order valence-electron chi connectivity index (χ0n) is 12.1. The number of benzene rings is 1. The first kappa shape index (κ1) is 13.1. The van der Waals surface area contributed by atoms with Crippen molar-refractivity contribution in [2.45, 2.75) is 38.5 Å². The molecule has 3 rings (SSSR count). The summed E-state index contributed by atoms with van der Waals surface area (Å²) >= 11 is 0. The third kappa shape index (κ3) is 2.40. The van der Waals surface area contributed by atoms with Gasteiger partial charge in [0.15, 0.2) is 0 Å². The molecule has 3 nitrogen and oxygen atoms in total. The van der Waals surface area contributed by atoms with E-state index >= 15 is 0 Å². The summed E-state index contributed by atoms with van der Waals surface area (Å²) in [6, 6.07) is 12.4. The van der Waals surface area contributed by atoms with Crippen LogP contribution in [0.2, 0.25) is 0 Å². The minimum atomic E-state index is 0.00235. The first-order valence-electron chi connectivity index (χ1n) is 7.29. The molecular weight excluding hydrogens is 246 g/mol. The maximum atomic E-state index is 5.99. The molecule has 0 spiro atoms. The normalized spacial score (nSPS) is 16.4. The Balaban J connectivity index is 2.00. The van der Waals surface area contributed by atoms with Gasteiger partial charge in [0.2, 0.25) is 0 Å². The van der Waals surface area contributed by atoms with Gasteiger partial charge in [-0.15, -0.1) is 0 Å². The number of nitrogens with two attached hydrogens (primary N) is 1. The van der Waals surface area contributed by atoms with Crippen molar-refractivity contribution in [3.8, 4) is 0 Å². The molecule has 1 saturated carbocycles. The zero-order valence-corrected chi connectivity index (χ0v) is 12.1. The second-order valence-corrected chi connectivity index (χ2v) is 6.15. The smallest absolute Gasteiger partial charge is 0.141 e. The van der Waals surface area contributed by atoms with Crippen molar-refractivity contribution in [1.29, 1.82) is 0 Å². The molecule has 0 saturated heterocycles. The Hall–Kier alpha value is -1.90. The maximum absolute atomic E-state index is 5.99. The van der Waals surface area contributed by atoms with Crippen LogP contribution < -0.4 is 5.73 Å². The average Bonchev–Trinajstić information content (AvgIpc) is 3.19. The summed E-state index contributed by atoms with van der Waals surface area (Å²) < 4.78 is 0. The van der Waals surface area contributed by atoms with Crippen molar-refractivity contribution in [3.05, 3.63) is 53.5 Å². The van der Waals surface area contributed by atoms with Crippen LogP contribution in [0.4, 0.5) is 5.82 Å². The fraction of sp³-hybridized carbons (Fsp3) is 0.412. The number of hydrogen-bond donors (Lipinski definition) is 1. The van der Waals surface area contributed by atoms with Crippen LogP contribution in [0.3, 0.4) is 0 Å². The third-order valence-electron chi connectivity index (χ3n) is 3.92. The van der Waals surface area contributed by atoms with Crippen molar-refractivity contribution < 1.29 is 0 Å². The molecule has 1 aliphatic carbocycles. The van der Waals surface area contributed by atoms with Crippen LogP contribution in [0, 0.1) is 5.92 Å². The molecule has 1 heterocycles. The molecule has 1 aromatic carbocycles. The minimum Gasteiger partial charge on any atom is -0.384 e. The zero-order chi connectivity index (χ0) is 14.2. The van der Waals surface area contributed by atoms with Crippen LogP contribution in [0.15, 0.2) is 36.4 Å². The highest BCUT2D eigenvalue weighted by Gasteiger charge is 2.48. The minimum absolute atomic E-state index is 0.00235. The molecule has 0 bridgehead atoms. The van der Waals surface area contributed by atoms with Crippen LogP contribution in [0.5, 0.6) is 0 Å². The van der Waals surface area contributed by atoms with Crippen molar-refractivity contribution in [3.63, 3.8) is 0 Å². The molecule has 1 aliphatic rings. The lowest BCUT2D eigenvalue weighted by molar-refractivity contribution is 0.624. The second-order valence-electron chi connectivity index (χ2n) is 6.15. The van der Waals surface area contributed by atoms with Crippen LogP contribution in [-0.4, -0.2) is 9.97 Å². The highest BCUT2D eigenvalue weighted by molar-refractivity contribution is 5.42. The van der Waals surface area contributed by atoms with Gasteiger partial charge in [-0.05, 0) is 30.7 Å². The summed E-state index contributed by atoms with van der Waals surface area (Å²) in [5.74, 6) is 2.07. The van der Waals surface area contributed by atoms with Crippen LogP contribution in [0.25, 0.3) is 0 Å². The summed E-state index contributed by atoms with van der Waals surface area (Å²) in [5, 5.41) is 0. The third-order valence-corrected chi connectivity index (χ3v) is 3.92. The van der Waals surface area contributed by atoms with Gasteiger partial charge in [-0.3, -0.25) is 0 Å². The lowest BCUT2D eigenvalue weighted by Gasteiger charge is -2.16. The Morgan fingerprint density at radius 1 is 1.15 bits per heavy atom. The quantitative estimate of drug-likeness (QED) is 0.924. The Morgan fingerprint density at radius 3 is 2.45 bits per heavy atom. The average molecular weight is 267 g/mol. The van der Waals surface area contributed by atoms with Gasteiger partial charge in [0.25, 0.3) is 0 Å². The molecule has 3 heteroatoms. The Kier molecular flexibility index (Phi) is 3.20. The molecule has 1 aromatic heterocycles. The monoisotopic (exact) mass is 267 g/mol. The lowest BCUT2D eigenvalue weighted by Crippen LogP contribution is -2.16. The SMILES string of the molecule is CC(C)Cc1cc(N)nc(C2(c3ccccc3)CC2)n1. The van der Waals surface area contributed by atoms with Gasteiger partial charge in [0, 0.05) is 11.8 Å². The van der Waals surface area contributed by atoms with Gasteiger partial charge in [-0.2, -0.15) is 0 Å². The molecule has 104 valence electrons. The van der Waals surface area contributed by atoms with E-state index in [1.54, 1.807) is 0 Å². The highest BCUT2D eigenvalue weighted by Crippen LogP contribution is 2.52. The number of nitrogens with zero attached hydrogens (tertiary/aromatic N) is 2. The van der Waals surface area contributed by atoms with E-state index in [1.807, 2.05) is 12.1 Å². The van der Waals surface area contributed by atoms with Crippen LogP contribution >= 0.6 is 0 Å². The van der Waals surface area contributed by atoms with Crippen LogP contribution in [0.1, 0.15) is 43.8 Å². The van der Waals surface area contributed by atoms with E-state index in [-0.39, 0.29) is 5.41 Å². The van der Waals surface area contributed by atoms with E-state index in [0.717, 1.165) is 30.8 Å². The molecule has 0 atom stereocenters. The topological polar surface area (TPSA) is 51.8 Å². The molecule has 2 N–H and O–H groups in total. The molecule has 0 amide bonds. The summed E-state index contributed by atoms with van der Waals surface area (Å²) in [5.41, 5.74) is 8.36. The number of rotatable bonds is 4. The maximum Gasteiger partial charge on any atom is 0.141 e. The highest BCUT2D eigenvalue weighted by atomic mass is 15.0. The predicted molar refractivity (Wildman–Crippen MR) is 81.4 cm³/mol. The van der Waals surface area contributed by atoms with Crippen LogP contribution in [-0.2, 0) is 11.8 Å². The van der Waals surface area contributed by atoms with E-state index in [9.17, 15) is 0 Å². The fourth-order valence-corrected chi connectivity index (χ4v) is 2.78. The Labute approximate surface area is 120 Å². The molecule has 0 unspecified atom stereocenters. The first-order valence-corrected chi connectivity index (χ1v) is 7.29. The van der Waals surface area contributed by atoms with E-state index in [2.05, 4.69) is 43.1 Å². The number of nitrogen functional groups attached to an aromatic ring is 1. The van der Waals surface area contributed by atoms with Crippen molar-refractivity contribution in [2.75, 3.05) is 5.73 Å². The largest absolute Gasteiger partial charge is 0.384 e. The van der Waals surface area contributed by atoms with Gasteiger partial charge in [0.1, 0.15) is 11.6 Å². The Morgan fingerprint density at radius 2 is 1.85 bits per heavy atom. The molecule has 0 radical (unpaired) electrons. The molecular formula is C17H21N3. The summed E-state index contributed by atoms with van der Waals surface area (Å²) in [6.45, 7) is 4.39. The van der Waals surface area contributed by atoms with Crippen molar-refractivity contribution in [2.24, 2.45) is 5.92 Å². The van der Waals surface area contributed by atoms with Crippen molar-refractivity contribution >= 4 is 5.82 Å². The predicted octanol–water partition coefficient (Wildman–Crippen LogP) is 3.34. The van der Waals surface area contributed by atoms with E-state index in [1.165, 1.54) is 5.56 Å². The standard InChI is InChI=1S/C17H21N3/c1-12(2)10-14-11-15(18)20-16(19-14)17(8-9-17)13-6-4-3-5-7-13/h3-7,11-12H,8-10H2,1-2H3,(H2,18,19,20). The van der Waals surface area contributed by atoms with Gasteiger partial charge < -0.3 is 5.73 Å². The Bertz CT molecular complexity index is 601. The lowest BCUT2D eigenvalue weighted by atomic mass is 9.94. The summed E-state index contributed by atoms with van der Waals surface area (Å²) in [6.07, 6.45) is 3.17. The van der Waals surface area contributed by atoms with Gasteiger partial charge in [-0.1, -0.05) is 44.2 Å². The molecule has 20 heavy (non-hydrogen) atoms. The molecule has 1 fully saturated rings.